The first-order valence-electron chi connectivity index (χ1n) is 6.74. The lowest BCUT2D eigenvalue weighted by atomic mass is 10.0. The van der Waals surface area contributed by atoms with E-state index in [0.717, 1.165) is 38.4 Å². The SMILES string of the molecule is CCc1ccc(CNCCCC(C)CCN)s1. The Morgan fingerprint density at radius 2 is 2.06 bits per heavy atom. The van der Waals surface area contributed by atoms with Crippen molar-refractivity contribution in [1.29, 1.82) is 0 Å². The highest BCUT2D eigenvalue weighted by atomic mass is 32.1. The van der Waals surface area contributed by atoms with Gasteiger partial charge in [0.15, 0.2) is 0 Å². The summed E-state index contributed by atoms with van der Waals surface area (Å²) in [7, 11) is 0. The maximum absolute atomic E-state index is 5.54. The van der Waals surface area contributed by atoms with E-state index in [-0.39, 0.29) is 0 Å². The molecule has 0 aliphatic carbocycles. The number of nitrogens with two attached hydrogens (primary N) is 1. The maximum Gasteiger partial charge on any atom is 0.0299 e. The molecule has 98 valence electrons. The Hall–Kier alpha value is -0.380. The van der Waals surface area contributed by atoms with Crippen molar-refractivity contribution in [3.8, 4) is 0 Å². The smallest absolute Gasteiger partial charge is 0.0299 e. The Morgan fingerprint density at radius 1 is 1.29 bits per heavy atom. The summed E-state index contributed by atoms with van der Waals surface area (Å²) in [6.07, 6.45) is 4.86. The Balaban J connectivity index is 2.04. The molecule has 1 rings (SSSR count). The van der Waals surface area contributed by atoms with E-state index < -0.39 is 0 Å². The first kappa shape index (κ1) is 14.7. The number of nitrogens with one attached hydrogen (secondary N) is 1. The van der Waals surface area contributed by atoms with Crippen LogP contribution in [0.3, 0.4) is 0 Å². The molecule has 0 aliphatic rings. The molecule has 2 nitrogen and oxygen atoms in total. The lowest BCUT2D eigenvalue weighted by molar-refractivity contribution is 0.469. The van der Waals surface area contributed by atoms with Crippen LogP contribution in [0.4, 0.5) is 0 Å². The average Bonchev–Trinajstić information content (AvgIpc) is 2.77. The standard InChI is InChI=1S/C14H26N2S/c1-3-13-6-7-14(17-13)11-16-10-4-5-12(2)8-9-15/h6-7,12,16H,3-5,8-11,15H2,1-2H3. The minimum absolute atomic E-state index is 0.773. The highest BCUT2D eigenvalue weighted by Crippen LogP contribution is 2.16. The molecular formula is C14H26N2S. The third-order valence-corrected chi connectivity index (χ3v) is 4.30. The first-order valence-corrected chi connectivity index (χ1v) is 7.56. The molecule has 17 heavy (non-hydrogen) atoms. The fourth-order valence-electron chi connectivity index (χ4n) is 1.92. The van der Waals surface area contributed by atoms with Gasteiger partial charge >= 0.3 is 0 Å². The quantitative estimate of drug-likeness (QED) is 0.664. The molecule has 0 aliphatic heterocycles. The molecule has 3 N–H and O–H groups in total. The van der Waals surface area contributed by atoms with E-state index in [1.54, 1.807) is 0 Å². The van der Waals surface area contributed by atoms with Crippen molar-refractivity contribution in [2.45, 2.75) is 46.1 Å². The Kier molecular flexibility index (Phi) is 7.49. The Morgan fingerprint density at radius 3 is 2.71 bits per heavy atom. The first-order chi connectivity index (χ1) is 8.26. The van der Waals surface area contributed by atoms with Crippen molar-refractivity contribution in [2.75, 3.05) is 13.1 Å². The molecule has 1 aromatic heterocycles. The van der Waals surface area contributed by atoms with Crippen LogP contribution in [0.1, 0.15) is 42.9 Å². The minimum atomic E-state index is 0.773. The fraction of sp³-hybridized carbons (Fsp3) is 0.714. The van der Waals surface area contributed by atoms with Crippen LogP contribution in [0, 0.1) is 5.92 Å². The lowest BCUT2D eigenvalue weighted by Crippen LogP contribution is -2.15. The molecule has 1 unspecified atom stereocenters. The van der Waals surface area contributed by atoms with E-state index in [1.807, 2.05) is 11.3 Å². The molecule has 0 spiro atoms. The lowest BCUT2D eigenvalue weighted by Gasteiger charge is -2.09. The van der Waals surface area contributed by atoms with E-state index >= 15 is 0 Å². The molecule has 1 atom stereocenters. The summed E-state index contributed by atoms with van der Waals surface area (Å²) in [5, 5.41) is 3.52. The van der Waals surface area contributed by atoms with Gasteiger partial charge in [0, 0.05) is 16.3 Å². The van der Waals surface area contributed by atoms with Crippen molar-refractivity contribution in [3.05, 3.63) is 21.9 Å². The third-order valence-electron chi connectivity index (χ3n) is 3.07. The second kappa shape index (κ2) is 8.67. The summed E-state index contributed by atoms with van der Waals surface area (Å²) in [5.74, 6) is 0.773. The molecule has 1 heterocycles. The monoisotopic (exact) mass is 254 g/mol. The van der Waals surface area contributed by atoms with Crippen LogP contribution in [-0.4, -0.2) is 13.1 Å². The topological polar surface area (TPSA) is 38.0 Å². The molecule has 0 amide bonds. The van der Waals surface area contributed by atoms with E-state index in [1.165, 1.54) is 22.6 Å². The third kappa shape index (κ3) is 6.20. The predicted octanol–water partition coefficient (Wildman–Crippen LogP) is 3.17. The van der Waals surface area contributed by atoms with Gasteiger partial charge in [0.1, 0.15) is 0 Å². The minimum Gasteiger partial charge on any atom is -0.330 e. The van der Waals surface area contributed by atoms with Crippen LogP contribution < -0.4 is 11.1 Å². The van der Waals surface area contributed by atoms with E-state index in [0.29, 0.717) is 0 Å². The van der Waals surface area contributed by atoms with Gasteiger partial charge in [0.05, 0.1) is 0 Å². The maximum atomic E-state index is 5.54. The van der Waals surface area contributed by atoms with Gasteiger partial charge in [0.25, 0.3) is 0 Å². The van der Waals surface area contributed by atoms with Gasteiger partial charge in [-0.05, 0) is 56.8 Å². The molecule has 0 radical (unpaired) electrons. The van der Waals surface area contributed by atoms with Gasteiger partial charge in [0.2, 0.25) is 0 Å². The molecule has 0 bridgehead atoms. The van der Waals surface area contributed by atoms with Crippen molar-refractivity contribution >= 4 is 11.3 Å². The summed E-state index contributed by atoms with van der Waals surface area (Å²) in [5.41, 5.74) is 5.54. The van der Waals surface area contributed by atoms with Gasteiger partial charge < -0.3 is 11.1 Å². The van der Waals surface area contributed by atoms with Crippen molar-refractivity contribution in [2.24, 2.45) is 11.7 Å². The number of thiophene rings is 1. The largest absolute Gasteiger partial charge is 0.330 e. The Bertz CT molecular complexity index is 296. The molecular weight excluding hydrogens is 228 g/mol. The number of aryl methyl sites for hydroxylation is 1. The molecule has 1 aromatic rings. The zero-order valence-corrected chi connectivity index (χ0v) is 12.0. The highest BCUT2D eigenvalue weighted by molar-refractivity contribution is 7.11. The second-order valence-electron chi connectivity index (χ2n) is 4.72. The van der Waals surface area contributed by atoms with Crippen LogP contribution in [0.25, 0.3) is 0 Å². The average molecular weight is 254 g/mol. The van der Waals surface area contributed by atoms with Gasteiger partial charge in [-0.3, -0.25) is 0 Å². The molecule has 0 aromatic carbocycles. The fourth-order valence-corrected chi connectivity index (χ4v) is 2.85. The van der Waals surface area contributed by atoms with Crippen molar-refractivity contribution < 1.29 is 0 Å². The van der Waals surface area contributed by atoms with Crippen molar-refractivity contribution in [3.63, 3.8) is 0 Å². The Labute approximate surface area is 110 Å². The van der Waals surface area contributed by atoms with Crippen LogP contribution in [0.2, 0.25) is 0 Å². The van der Waals surface area contributed by atoms with Gasteiger partial charge in [-0.1, -0.05) is 13.8 Å². The summed E-state index contributed by atoms with van der Waals surface area (Å²) < 4.78 is 0. The van der Waals surface area contributed by atoms with E-state index in [9.17, 15) is 0 Å². The summed E-state index contributed by atoms with van der Waals surface area (Å²) in [4.78, 5) is 2.94. The zero-order valence-electron chi connectivity index (χ0n) is 11.2. The molecule has 0 saturated carbocycles. The number of hydrogen-bond donors (Lipinski definition) is 2. The molecule has 3 heteroatoms. The highest BCUT2D eigenvalue weighted by Gasteiger charge is 2.01. The number of hydrogen-bond acceptors (Lipinski definition) is 3. The van der Waals surface area contributed by atoms with Gasteiger partial charge in [-0.25, -0.2) is 0 Å². The summed E-state index contributed by atoms with van der Waals surface area (Å²) >= 11 is 1.93. The van der Waals surface area contributed by atoms with Crippen LogP contribution in [0.15, 0.2) is 12.1 Å². The second-order valence-corrected chi connectivity index (χ2v) is 5.98. The summed E-state index contributed by atoms with van der Waals surface area (Å²) in [6.45, 7) is 7.47. The van der Waals surface area contributed by atoms with Crippen molar-refractivity contribution in [1.82, 2.24) is 5.32 Å². The van der Waals surface area contributed by atoms with E-state index in [2.05, 4.69) is 31.3 Å². The van der Waals surface area contributed by atoms with Crippen LogP contribution in [-0.2, 0) is 13.0 Å². The molecule has 0 saturated heterocycles. The predicted molar refractivity (Wildman–Crippen MR) is 77.5 cm³/mol. The molecule has 0 fully saturated rings. The van der Waals surface area contributed by atoms with Gasteiger partial charge in [-0.15, -0.1) is 11.3 Å². The van der Waals surface area contributed by atoms with Crippen LogP contribution >= 0.6 is 11.3 Å². The van der Waals surface area contributed by atoms with Gasteiger partial charge in [-0.2, -0.15) is 0 Å². The van der Waals surface area contributed by atoms with Crippen LogP contribution in [0.5, 0.6) is 0 Å². The number of rotatable bonds is 9. The summed E-state index contributed by atoms with van der Waals surface area (Å²) in [6, 6.07) is 4.48. The normalized spacial score (nSPS) is 12.9. The van der Waals surface area contributed by atoms with E-state index in [4.69, 9.17) is 5.73 Å². The zero-order chi connectivity index (χ0) is 12.5.